The van der Waals surface area contributed by atoms with Crippen LogP contribution in [0.2, 0.25) is 0 Å². The van der Waals surface area contributed by atoms with Crippen molar-refractivity contribution < 1.29 is 0 Å². The maximum absolute atomic E-state index is 3.54. The fourth-order valence-electron chi connectivity index (χ4n) is 2.20. The molecule has 3 nitrogen and oxygen atoms in total. The van der Waals surface area contributed by atoms with Gasteiger partial charge in [0.25, 0.3) is 0 Å². The Morgan fingerprint density at radius 3 is 2.80 bits per heavy atom. The molecule has 0 saturated carbocycles. The topological polar surface area (TPSA) is 27.3 Å². The molecule has 1 heterocycles. The van der Waals surface area contributed by atoms with E-state index in [-0.39, 0.29) is 0 Å². The van der Waals surface area contributed by atoms with Crippen molar-refractivity contribution in [1.29, 1.82) is 0 Å². The first-order chi connectivity index (χ1) is 7.18. The van der Waals surface area contributed by atoms with Crippen LogP contribution in [0.15, 0.2) is 0 Å². The summed E-state index contributed by atoms with van der Waals surface area (Å²) in [6, 6.07) is 0.604. The lowest BCUT2D eigenvalue weighted by Crippen LogP contribution is -2.39. The van der Waals surface area contributed by atoms with E-state index in [1.807, 2.05) is 0 Å². The highest BCUT2D eigenvalue weighted by Crippen LogP contribution is 2.13. The molecule has 15 heavy (non-hydrogen) atoms. The third kappa shape index (κ3) is 6.13. The average Bonchev–Trinajstić information content (AvgIpc) is 2.17. The molecular weight excluding hydrogens is 186 g/mol. The van der Waals surface area contributed by atoms with Gasteiger partial charge in [0.2, 0.25) is 0 Å². The number of hydrogen-bond acceptors (Lipinski definition) is 3. The van der Waals surface area contributed by atoms with Gasteiger partial charge >= 0.3 is 0 Å². The fraction of sp³-hybridized carbons (Fsp3) is 1.00. The lowest BCUT2D eigenvalue weighted by atomic mass is 9.98. The molecule has 0 aromatic carbocycles. The van der Waals surface area contributed by atoms with Crippen molar-refractivity contribution >= 4 is 0 Å². The smallest absolute Gasteiger partial charge is 0.00790 e. The summed E-state index contributed by atoms with van der Waals surface area (Å²) < 4.78 is 0. The Labute approximate surface area is 94.6 Å². The Kier molecular flexibility index (Phi) is 6.22. The molecule has 1 fully saturated rings. The average molecular weight is 213 g/mol. The van der Waals surface area contributed by atoms with Gasteiger partial charge in [-0.2, -0.15) is 0 Å². The quantitative estimate of drug-likeness (QED) is 0.642. The van der Waals surface area contributed by atoms with Crippen LogP contribution in [-0.2, 0) is 0 Å². The van der Waals surface area contributed by atoms with E-state index in [2.05, 4.69) is 36.4 Å². The van der Waals surface area contributed by atoms with Crippen molar-refractivity contribution in [2.45, 2.75) is 32.7 Å². The van der Waals surface area contributed by atoms with Crippen LogP contribution in [0.25, 0.3) is 0 Å². The van der Waals surface area contributed by atoms with E-state index < -0.39 is 0 Å². The van der Waals surface area contributed by atoms with Crippen LogP contribution in [0.3, 0.4) is 0 Å². The summed E-state index contributed by atoms with van der Waals surface area (Å²) in [5.41, 5.74) is 0. The molecule has 0 bridgehead atoms. The van der Waals surface area contributed by atoms with Gasteiger partial charge in [0, 0.05) is 25.7 Å². The molecule has 1 atom stereocenters. The van der Waals surface area contributed by atoms with Crippen LogP contribution in [0.4, 0.5) is 0 Å². The minimum Gasteiger partial charge on any atom is -0.315 e. The van der Waals surface area contributed by atoms with Gasteiger partial charge < -0.3 is 15.5 Å². The molecule has 0 aromatic rings. The van der Waals surface area contributed by atoms with E-state index in [1.165, 1.54) is 32.5 Å². The summed E-state index contributed by atoms with van der Waals surface area (Å²) in [4.78, 5) is 2.45. The van der Waals surface area contributed by atoms with Crippen LogP contribution < -0.4 is 10.6 Å². The molecular formula is C12H27N3. The normalized spacial score (nSPS) is 23.6. The molecule has 2 N–H and O–H groups in total. The first kappa shape index (κ1) is 12.9. The molecule has 1 aliphatic heterocycles. The van der Waals surface area contributed by atoms with Crippen molar-refractivity contribution in [2.24, 2.45) is 5.92 Å². The van der Waals surface area contributed by atoms with Crippen LogP contribution in [0.5, 0.6) is 0 Å². The number of rotatable bonds is 6. The summed E-state index contributed by atoms with van der Waals surface area (Å²) in [5, 5.41) is 6.96. The van der Waals surface area contributed by atoms with Crippen LogP contribution in [0, 0.1) is 5.92 Å². The van der Waals surface area contributed by atoms with Crippen molar-refractivity contribution in [3.63, 3.8) is 0 Å². The zero-order chi connectivity index (χ0) is 11.1. The molecule has 0 aliphatic carbocycles. The zero-order valence-corrected chi connectivity index (χ0v) is 10.6. The van der Waals surface area contributed by atoms with Gasteiger partial charge in [0.1, 0.15) is 0 Å². The van der Waals surface area contributed by atoms with E-state index in [0.29, 0.717) is 6.04 Å². The monoisotopic (exact) mass is 213 g/mol. The molecule has 3 heteroatoms. The third-order valence-electron chi connectivity index (χ3n) is 3.01. The molecule has 0 radical (unpaired) electrons. The Hall–Kier alpha value is -0.120. The maximum Gasteiger partial charge on any atom is 0.00790 e. The Morgan fingerprint density at radius 1 is 1.33 bits per heavy atom. The van der Waals surface area contributed by atoms with Crippen LogP contribution in [0.1, 0.15) is 26.7 Å². The minimum absolute atomic E-state index is 0.604. The van der Waals surface area contributed by atoms with E-state index in [1.54, 1.807) is 0 Å². The summed E-state index contributed by atoms with van der Waals surface area (Å²) >= 11 is 0. The molecule has 1 unspecified atom stereocenters. The second-order valence-electron chi connectivity index (χ2n) is 5.08. The highest BCUT2D eigenvalue weighted by atomic mass is 15.1. The van der Waals surface area contributed by atoms with Gasteiger partial charge in [-0.25, -0.2) is 0 Å². The number of nitrogens with zero attached hydrogens (tertiary/aromatic N) is 1. The molecule has 1 aliphatic rings. The van der Waals surface area contributed by atoms with Gasteiger partial charge in [-0.3, -0.25) is 0 Å². The number of likely N-dealkylation sites (tertiary alicyclic amines) is 1. The Balaban J connectivity index is 1.95. The minimum atomic E-state index is 0.604. The zero-order valence-electron chi connectivity index (χ0n) is 10.6. The Bertz CT molecular complexity index is 159. The summed E-state index contributed by atoms with van der Waals surface area (Å²) in [5.74, 6) is 0.864. The van der Waals surface area contributed by atoms with Gasteiger partial charge in [-0.1, -0.05) is 13.8 Å². The number of piperidine rings is 1. The van der Waals surface area contributed by atoms with Crippen molar-refractivity contribution in [3.05, 3.63) is 0 Å². The van der Waals surface area contributed by atoms with Gasteiger partial charge in [0.05, 0.1) is 0 Å². The van der Waals surface area contributed by atoms with Gasteiger partial charge in [-0.15, -0.1) is 0 Å². The highest BCUT2D eigenvalue weighted by molar-refractivity contribution is 4.72. The van der Waals surface area contributed by atoms with Crippen molar-refractivity contribution in [2.75, 3.05) is 39.8 Å². The van der Waals surface area contributed by atoms with E-state index in [0.717, 1.165) is 19.0 Å². The fourth-order valence-corrected chi connectivity index (χ4v) is 2.20. The predicted molar refractivity (Wildman–Crippen MR) is 66.2 cm³/mol. The lowest BCUT2D eigenvalue weighted by molar-refractivity contribution is 0.206. The molecule has 0 aromatic heterocycles. The summed E-state index contributed by atoms with van der Waals surface area (Å²) in [6.07, 6.45) is 2.77. The first-order valence-electron chi connectivity index (χ1n) is 6.31. The SMILES string of the molecule is CC(C)NCCNCC1CCCN(C)C1. The lowest BCUT2D eigenvalue weighted by Gasteiger charge is -2.29. The largest absolute Gasteiger partial charge is 0.315 e. The van der Waals surface area contributed by atoms with Crippen LogP contribution >= 0.6 is 0 Å². The second kappa shape index (κ2) is 7.20. The third-order valence-corrected chi connectivity index (χ3v) is 3.01. The second-order valence-corrected chi connectivity index (χ2v) is 5.08. The number of nitrogens with one attached hydrogen (secondary N) is 2. The molecule has 1 rings (SSSR count). The standard InChI is InChI=1S/C12H27N3/c1-11(2)14-7-6-13-9-12-5-4-8-15(3)10-12/h11-14H,4-10H2,1-3H3. The maximum atomic E-state index is 3.54. The first-order valence-corrected chi connectivity index (χ1v) is 6.31. The molecule has 0 amide bonds. The van der Waals surface area contributed by atoms with Gasteiger partial charge in [0.15, 0.2) is 0 Å². The van der Waals surface area contributed by atoms with Gasteiger partial charge in [-0.05, 0) is 38.9 Å². The molecule has 1 saturated heterocycles. The van der Waals surface area contributed by atoms with Crippen molar-refractivity contribution in [3.8, 4) is 0 Å². The van der Waals surface area contributed by atoms with E-state index in [9.17, 15) is 0 Å². The molecule has 0 spiro atoms. The van der Waals surface area contributed by atoms with Crippen LogP contribution in [-0.4, -0.2) is 50.7 Å². The summed E-state index contributed by atoms with van der Waals surface area (Å²) in [7, 11) is 2.23. The Morgan fingerprint density at radius 2 is 2.13 bits per heavy atom. The molecule has 90 valence electrons. The van der Waals surface area contributed by atoms with E-state index >= 15 is 0 Å². The number of hydrogen-bond donors (Lipinski definition) is 2. The predicted octanol–water partition coefficient (Wildman–Crippen LogP) is 0.916. The van der Waals surface area contributed by atoms with Crippen molar-refractivity contribution in [1.82, 2.24) is 15.5 Å². The summed E-state index contributed by atoms with van der Waals surface area (Å²) in [6.45, 7) is 10.3. The van der Waals surface area contributed by atoms with E-state index in [4.69, 9.17) is 0 Å². The highest BCUT2D eigenvalue weighted by Gasteiger charge is 2.15.